The van der Waals surface area contributed by atoms with Crippen LogP contribution in [0.25, 0.3) is 11.3 Å². The van der Waals surface area contributed by atoms with Gasteiger partial charge < -0.3 is 5.32 Å². The molecule has 3 aromatic rings. The van der Waals surface area contributed by atoms with E-state index in [1.54, 1.807) is 23.5 Å². The molecule has 29 heavy (non-hydrogen) atoms. The van der Waals surface area contributed by atoms with E-state index in [1.165, 1.54) is 15.6 Å². The molecule has 0 spiro atoms. The van der Waals surface area contributed by atoms with Gasteiger partial charge in [0.1, 0.15) is 10.3 Å². The standard InChI is InChI=1S/C20H21N3O3S3/c1-13-5-10-19(28-13)29(25,26)23-11-3-4-18(23)20(24)22-16-8-6-15(7-9-16)17-12-27-14(2)21-17/h5-10,12,18H,3-4,11H2,1-2H3,(H,22,24)/t18-/m0/s1. The van der Waals surface area contributed by atoms with E-state index in [0.29, 0.717) is 25.1 Å². The molecular formula is C20H21N3O3S3. The molecule has 1 amide bonds. The van der Waals surface area contributed by atoms with Gasteiger partial charge in [0.25, 0.3) is 10.0 Å². The van der Waals surface area contributed by atoms with Gasteiger partial charge in [-0.1, -0.05) is 12.1 Å². The Morgan fingerprint density at radius 2 is 1.93 bits per heavy atom. The number of sulfonamides is 1. The van der Waals surface area contributed by atoms with E-state index < -0.39 is 16.1 Å². The Morgan fingerprint density at radius 1 is 1.17 bits per heavy atom. The molecule has 1 atom stereocenters. The number of hydrogen-bond donors (Lipinski definition) is 1. The number of benzene rings is 1. The number of thiophene rings is 1. The van der Waals surface area contributed by atoms with E-state index in [-0.39, 0.29) is 10.1 Å². The van der Waals surface area contributed by atoms with Crippen LogP contribution in [0.1, 0.15) is 22.7 Å². The van der Waals surface area contributed by atoms with Crippen LogP contribution in [0.2, 0.25) is 0 Å². The molecular weight excluding hydrogens is 426 g/mol. The average Bonchev–Trinajstić information content (AvgIpc) is 3.43. The van der Waals surface area contributed by atoms with Crippen molar-refractivity contribution in [1.29, 1.82) is 0 Å². The van der Waals surface area contributed by atoms with Crippen LogP contribution in [0.15, 0.2) is 46.0 Å². The molecule has 0 aliphatic carbocycles. The van der Waals surface area contributed by atoms with Gasteiger partial charge in [-0.15, -0.1) is 22.7 Å². The summed E-state index contributed by atoms with van der Waals surface area (Å²) in [7, 11) is -3.66. The molecule has 1 aliphatic heterocycles. The quantitative estimate of drug-likeness (QED) is 0.633. The molecule has 4 rings (SSSR count). The van der Waals surface area contributed by atoms with Crippen LogP contribution < -0.4 is 5.32 Å². The van der Waals surface area contributed by atoms with Crippen molar-refractivity contribution in [2.45, 2.75) is 36.9 Å². The SMILES string of the molecule is Cc1ccc(S(=O)(=O)N2CCC[C@H]2C(=O)Nc2ccc(-c3csc(C)n3)cc2)s1. The number of aromatic nitrogens is 1. The summed E-state index contributed by atoms with van der Waals surface area (Å²) in [6, 6.07) is 10.2. The Bertz CT molecular complexity index is 1130. The van der Waals surface area contributed by atoms with Crippen molar-refractivity contribution in [3.8, 4) is 11.3 Å². The largest absolute Gasteiger partial charge is 0.325 e. The fourth-order valence-electron chi connectivity index (χ4n) is 3.40. The van der Waals surface area contributed by atoms with Crippen molar-refractivity contribution in [2.24, 2.45) is 0 Å². The third kappa shape index (κ3) is 4.13. The lowest BCUT2D eigenvalue weighted by molar-refractivity contribution is -0.119. The second-order valence-electron chi connectivity index (χ2n) is 6.96. The molecule has 3 heterocycles. The highest BCUT2D eigenvalue weighted by Crippen LogP contribution is 2.31. The molecule has 152 valence electrons. The molecule has 0 saturated carbocycles. The van der Waals surface area contributed by atoms with Crippen LogP contribution >= 0.6 is 22.7 Å². The molecule has 0 radical (unpaired) electrons. The fourth-order valence-corrected chi connectivity index (χ4v) is 7.09. The number of hydrogen-bond acceptors (Lipinski definition) is 6. The van der Waals surface area contributed by atoms with Crippen LogP contribution in [0, 0.1) is 13.8 Å². The van der Waals surface area contributed by atoms with E-state index in [2.05, 4.69) is 10.3 Å². The van der Waals surface area contributed by atoms with E-state index >= 15 is 0 Å². The number of aryl methyl sites for hydroxylation is 2. The molecule has 1 N–H and O–H groups in total. The smallest absolute Gasteiger partial charge is 0.253 e. The summed E-state index contributed by atoms with van der Waals surface area (Å²) < 4.78 is 27.6. The Balaban J connectivity index is 1.49. The Morgan fingerprint density at radius 3 is 2.55 bits per heavy atom. The summed E-state index contributed by atoms with van der Waals surface area (Å²) in [4.78, 5) is 18.2. The van der Waals surface area contributed by atoms with Crippen LogP contribution in [0.5, 0.6) is 0 Å². The lowest BCUT2D eigenvalue weighted by atomic mass is 10.1. The monoisotopic (exact) mass is 447 g/mol. The molecule has 0 bridgehead atoms. The van der Waals surface area contributed by atoms with E-state index in [0.717, 1.165) is 21.1 Å². The van der Waals surface area contributed by atoms with Crippen LogP contribution in [-0.4, -0.2) is 36.2 Å². The molecule has 1 saturated heterocycles. The molecule has 9 heteroatoms. The van der Waals surface area contributed by atoms with Gasteiger partial charge in [0.15, 0.2) is 0 Å². The Labute approximate surface area is 178 Å². The van der Waals surface area contributed by atoms with E-state index in [9.17, 15) is 13.2 Å². The van der Waals surface area contributed by atoms with Gasteiger partial charge in [-0.05, 0) is 51.0 Å². The van der Waals surface area contributed by atoms with Gasteiger partial charge in [0, 0.05) is 28.1 Å². The number of thiazole rings is 1. The zero-order valence-corrected chi connectivity index (χ0v) is 18.5. The highest BCUT2D eigenvalue weighted by molar-refractivity contribution is 7.91. The summed E-state index contributed by atoms with van der Waals surface area (Å²) >= 11 is 2.82. The third-order valence-corrected chi connectivity index (χ3v) is 9.00. The number of rotatable bonds is 5. The van der Waals surface area contributed by atoms with Gasteiger partial charge in [-0.2, -0.15) is 4.31 Å². The van der Waals surface area contributed by atoms with Gasteiger partial charge in [0.2, 0.25) is 5.91 Å². The first-order valence-corrected chi connectivity index (χ1v) is 12.4. The summed E-state index contributed by atoms with van der Waals surface area (Å²) in [5.41, 5.74) is 2.53. The van der Waals surface area contributed by atoms with Gasteiger partial charge in [-0.3, -0.25) is 4.79 Å². The van der Waals surface area contributed by atoms with Crippen molar-refractivity contribution in [3.63, 3.8) is 0 Å². The molecule has 1 aliphatic rings. The average molecular weight is 448 g/mol. The maximum atomic E-state index is 13.0. The predicted octanol–water partition coefficient (Wildman–Crippen LogP) is 4.28. The summed E-state index contributed by atoms with van der Waals surface area (Å²) in [6.07, 6.45) is 1.19. The van der Waals surface area contributed by atoms with Crippen molar-refractivity contribution in [1.82, 2.24) is 9.29 Å². The summed E-state index contributed by atoms with van der Waals surface area (Å²) in [6.45, 7) is 4.19. The lowest BCUT2D eigenvalue weighted by Gasteiger charge is -2.22. The van der Waals surface area contributed by atoms with Crippen LogP contribution in [0.3, 0.4) is 0 Å². The van der Waals surface area contributed by atoms with E-state index in [4.69, 9.17) is 0 Å². The molecule has 1 aromatic carbocycles. The number of carbonyl (C=O) groups is 1. The van der Waals surface area contributed by atoms with Crippen molar-refractivity contribution in [3.05, 3.63) is 51.7 Å². The van der Waals surface area contributed by atoms with Crippen molar-refractivity contribution in [2.75, 3.05) is 11.9 Å². The normalized spacial score (nSPS) is 17.5. The summed E-state index contributed by atoms with van der Waals surface area (Å²) in [5.74, 6) is -0.295. The van der Waals surface area contributed by atoms with Crippen LogP contribution in [-0.2, 0) is 14.8 Å². The zero-order valence-electron chi connectivity index (χ0n) is 16.1. The fraction of sp³-hybridized carbons (Fsp3) is 0.300. The Hall–Kier alpha value is -2.07. The first kappa shape index (κ1) is 20.2. The highest BCUT2D eigenvalue weighted by atomic mass is 32.2. The maximum absolute atomic E-state index is 13.0. The number of nitrogens with zero attached hydrogens (tertiary/aromatic N) is 2. The predicted molar refractivity (Wildman–Crippen MR) is 117 cm³/mol. The molecule has 1 fully saturated rings. The number of carbonyl (C=O) groups excluding carboxylic acids is 1. The summed E-state index contributed by atoms with van der Waals surface area (Å²) in [5, 5.41) is 5.86. The zero-order chi connectivity index (χ0) is 20.6. The number of anilines is 1. The van der Waals surface area contributed by atoms with Crippen molar-refractivity contribution >= 4 is 44.3 Å². The molecule has 2 aromatic heterocycles. The number of amides is 1. The maximum Gasteiger partial charge on any atom is 0.253 e. The lowest BCUT2D eigenvalue weighted by Crippen LogP contribution is -2.42. The van der Waals surface area contributed by atoms with Gasteiger partial charge >= 0.3 is 0 Å². The second kappa shape index (κ2) is 7.98. The third-order valence-electron chi connectivity index (χ3n) is 4.85. The Kier molecular flexibility index (Phi) is 5.56. The van der Waals surface area contributed by atoms with Crippen LogP contribution in [0.4, 0.5) is 5.69 Å². The first-order chi connectivity index (χ1) is 13.8. The van der Waals surface area contributed by atoms with E-state index in [1.807, 2.05) is 43.5 Å². The molecule has 0 unspecified atom stereocenters. The minimum Gasteiger partial charge on any atom is -0.325 e. The molecule has 6 nitrogen and oxygen atoms in total. The highest BCUT2D eigenvalue weighted by Gasteiger charge is 2.40. The minimum absolute atomic E-state index is 0.289. The van der Waals surface area contributed by atoms with Gasteiger partial charge in [0.05, 0.1) is 10.7 Å². The second-order valence-corrected chi connectivity index (χ2v) is 11.4. The van der Waals surface area contributed by atoms with Gasteiger partial charge in [-0.25, -0.2) is 13.4 Å². The minimum atomic E-state index is -3.66. The topological polar surface area (TPSA) is 79.4 Å². The number of nitrogens with one attached hydrogen (secondary N) is 1. The first-order valence-electron chi connectivity index (χ1n) is 9.26. The van der Waals surface area contributed by atoms with Crippen molar-refractivity contribution < 1.29 is 13.2 Å².